The van der Waals surface area contributed by atoms with Gasteiger partial charge in [-0.2, -0.15) is 4.31 Å². The number of sulfonamides is 1. The number of hydrogen-bond acceptors (Lipinski definition) is 6. The van der Waals surface area contributed by atoms with Gasteiger partial charge in [0, 0.05) is 13.1 Å². The van der Waals surface area contributed by atoms with Crippen molar-refractivity contribution in [2.75, 3.05) is 20.2 Å². The Balaban J connectivity index is 1.83. The monoisotopic (exact) mass is 490 g/mol. The smallest absolute Gasteiger partial charge is 0.407 e. The second kappa shape index (κ2) is 10.3. The van der Waals surface area contributed by atoms with E-state index in [1.165, 1.54) is 11.4 Å². The molecule has 0 radical (unpaired) electrons. The van der Waals surface area contributed by atoms with Crippen molar-refractivity contribution in [2.24, 2.45) is 0 Å². The highest BCUT2D eigenvalue weighted by Crippen LogP contribution is 2.35. The molecule has 3 rings (SSSR count). The van der Waals surface area contributed by atoms with Crippen LogP contribution in [0.2, 0.25) is 0 Å². The number of amides is 1. The second-order valence-electron chi connectivity index (χ2n) is 9.64. The van der Waals surface area contributed by atoms with E-state index in [0.717, 1.165) is 5.56 Å². The maximum atomic E-state index is 13.3. The highest BCUT2D eigenvalue weighted by molar-refractivity contribution is 7.89. The van der Waals surface area contributed by atoms with Gasteiger partial charge in [0.05, 0.1) is 24.2 Å². The number of aliphatic hydroxyl groups is 1. The SMILES string of the molecule is COc1ccc2c(c1)C(C)CN(C[C@H](O)[C@@H](Cc1ccccc1)NC(=O)OC(C)(C)C)S2(=O)=O. The molecule has 2 aromatic rings. The summed E-state index contributed by atoms with van der Waals surface area (Å²) in [7, 11) is -2.29. The topological polar surface area (TPSA) is 105 Å². The number of benzene rings is 2. The molecule has 1 heterocycles. The minimum absolute atomic E-state index is 0.0905. The zero-order valence-electron chi connectivity index (χ0n) is 20.3. The van der Waals surface area contributed by atoms with Crippen LogP contribution in [0.15, 0.2) is 53.4 Å². The lowest BCUT2D eigenvalue weighted by Gasteiger charge is -2.35. The Hall–Kier alpha value is -2.62. The van der Waals surface area contributed by atoms with E-state index >= 15 is 0 Å². The van der Waals surface area contributed by atoms with Crippen LogP contribution < -0.4 is 10.1 Å². The standard InChI is InChI=1S/C25H34N2O6S/c1-17-15-27(34(30,31)23-12-11-19(32-5)14-20(17)23)16-22(28)21(13-18-9-7-6-8-10-18)26-24(29)33-25(2,3)4/h6-12,14,17,21-22,28H,13,15-16H2,1-5H3,(H,26,29)/t17?,21-,22+/m1/s1. The average molecular weight is 491 g/mol. The zero-order valence-corrected chi connectivity index (χ0v) is 21.1. The molecule has 0 saturated carbocycles. The first-order chi connectivity index (χ1) is 15.9. The van der Waals surface area contributed by atoms with Crippen molar-refractivity contribution in [3.8, 4) is 5.75 Å². The summed E-state index contributed by atoms with van der Waals surface area (Å²) in [6.45, 7) is 7.25. The third-order valence-corrected chi connectivity index (χ3v) is 7.60. The molecule has 0 aliphatic carbocycles. The number of carbonyl (C=O) groups excluding carboxylic acids is 1. The van der Waals surface area contributed by atoms with Gasteiger partial charge in [0.25, 0.3) is 0 Å². The molecule has 2 aromatic carbocycles. The molecule has 8 nitrogen and oxygen atoms in total. The lowest BCUT2D eigenvalue weighted by molar-refractivity contribution is 0.0400. The van der Waals surface area contributed by atoms with E-state index in [9.17, 15) is 18.3 Å². The highest BCUT2D eigenvalue weighted by atomic mass is 32.2. The molecule has 0 saturated heterocycles. The van der Waals surface area contributed by atoms with E-state index in [1.54, 1.807) is 39.0 Å². The van der Waals surface area contributed by atoms with Crippen LogP contribution in [-0.2, 0) is 21.2 Å². The Bertz CT molecular complexity index is 1100. The summed E-state index contributed by atoms with van der Waals surface area (Å²) in [4.78, 5) is 12.7. The number of alkyl carbamates (subject to hydrolysis) is 1. The molecule has 3 atom stereocenters. The van der Waals surface area contributed by atoms with Gasteiger partial charge in [-0.15, -0.1) is 0 Å². The molecule has 186 valence electrons. The van der Waals surface area contributed by atoms with E-state index in [-0.39, 0.29) is 23.9 Å². The van der Waals surface area contributed by atoms with E-state index in [4.69, 9.17) is 9.47 Å². The molecule has 0 fully saturated rings. The summed E-state index contributed by atoms with van der Waals surface area (Å²) in [5.41, 5.74) is 0.885. The van der Waals surface area contributed by atoms with Crippen molar-refractivity contribution in [3.05, 3.63) is 59.7 Å². The van der Waals surface area contributed by atoms with Crippen molar-refractivity contribution >= 4 is 16.1 Å². The van der Waals surface area contributed by atoms with Crippen LogP contribution in [-0.4, -0.2) is 61.9 Å². The van der Waals surface area contributed by atoms with Gasteiger partial charge in [-0.3, -0.25) is 0 Å². The number of hydrogen-bond donors (Lipinski definition) is 2. The van der Waals surface area contributed by atoms with E-state index in [2.05, 4.69) is 5.32 Å². The quantitative estimate of drug-likeness (QED) is 0.617. The Morgan fingerprint density at radius 3 is 2.50 bits per heavy atom. The van der Waals surface area contributed by atoms with Gasteiger partial charge in [-0.05, 0) is 62.4 Å². The van der Waals surface area contributed by atoms with E-state index in [0.29, 0.717) is 17.7 Å². The number of nitrogens with zero attached hydrogens (tertiary/aromatic N) is 1. The van der Waals surface area contributed by atoms with Crippen molar-refractivity contribution in [3.63, 3.8) is 0 Å². The highest BCUT2D eigenvalue weighted by Gasteiger charge is 2.38. The largest absolute Gasteiger partial charge is 0.497 e. The molecule has 1 unspecified atom stereocenters. The first-order valence-electron chi connectivity index (χ1n) is 11.3. The fourth-order valence-electron chi connectivity index (χ4n) is 4.03. The Labute approximate surface area is 201 Å². The molecular weight excluding hydrogens is 456 g/mol. The first kappa shape index (κ1) is 26.0. The summed E-state index contributed by atoms with van der Waals surface area (Å²) in [5, 5.41) is 13.9. The normalized spacial score (nSPS) is 19.5. The summed E-state index contributed by atoms with van der Waals surface area (Å²) in [5.74, 6) is 0.506. The molecule has 0 bridgehead atoms. The lowest BCUT2D eigenvalue weighted by atomic mass is 9.99. The predicted octanol–water partition coefficient (Wildman–Crippen LogP) is 3.30. The number of β-amino-alcohol motifs (C(OH)–C–C–N with tert-alkyl or cyclic N) is 1. The average Bonchev–Trinajstić information content (AvgIpc) is 2.76. The van der Waals surface area contributed by atoms with Crippen LogP contribution in [0.3, 0.4) is 0 Å². The Morgan fingerprint density at radius 2 is 1.88 bits per heavy atom. The molecule has 1 amide bonds. The summed E-state index contributed by atoms with van der Waals surface area (Å²) in [6, 6.07) is 13.5. The van der Waals surface area contributed by atoms with E-state index in [1.807, 2.05) is 37.3 Å². The number of nitrogens with one attached hydrogen (secondary N) is 1. The fraction of sp³-hybridized carbons (Fsp3) is 0.480. The fourth-order valence-corrected chi connectivity index (χ4v) is 5.88. The summed E-state index contributed by atoms with van der Waals surface area (Å²) in [6.07, 6.45) is -1.51. The molecular formula is C25H34N2O6S. The van der Waals surface area contributed by atoms with Crippen LogP contribution in [0.4, 0.5) is 4.79 Å². The van der Waals surface area contributed by atoms with Gasteiger partial charge in [-0.1, -0.05) is 37.3 Å². The van der Waals surface area contributed by atoms with Gasteiger partial charge < -0.3 is 19.9 Å². The van der Waals surface area contributed by atoms with Gasteiger partial charge in [0.1, 0.15) is 11.4 Å². The third-order valence-electron chi connectivity index (χ3n) is 5.70. The molecule has 1 aliphatic rings. The van der Waals surface area contributed by atoms with Crippen molar-refractivity contribution in [1.82, 2.24) is 9.62 Å². The maximum Gasteiger partial charge on any atom is 0.407 e. The van der Waals surface area contributed by atoms with Crippen LogP contribution in [0.5, 0.6) is 5.75 Å². The number of fused-ring (bicyclic) bond motifs is 1. The second-order valence-corrected chi connectivity index (χ2v) is 11.5. The molecule has 0 aromatic heterocycles. The molecule has 9 heteroatoms. The van der Waals surface area contributed by atoms with Gasteiger partial charge >= 0.3 is 6.09 Å². The number of methoxy groups -OCH3 is 1. The van der Waals surface area contributed by atoms with Crippen LogP contribution in [0, 0.1) is 0 Å². The van der Waals surface area contributed by atoms with Gasteiger partial charge in [-0.25, -0.2) is 13.2 Å². The number of ether oxygens (including phenoxy) is 2. The maximum absolute atomic E-state index is 13.3. The predicted molar refractivity (Wildman–Crippen MR) is 129 cm³/mol. The molecule has 34 heavy (non-hydrogen) atoms. The van der Waals surface area contributed by atoms with Crippen LogP contribution in [0.1, 0.15) is 44.7 Å². The van der Waals surface area contributed by atoms with Crippen LogP contribution >= 0.6 is 0 Å². The zero-order chi connectivity index (χ0) is 25.1. The van der Waals surface area contributed by atoms with Crippen LogP contribution in [0.25, 0.3) is 0 Å². The molecule has 2 N–H and O–H groups in total. The Morgan fingerprint density at radius 1 is 1.21 bits per heavy atom. The number of rotatable bonds is 7. The number of carbonyl (C=O) groups is 1. The minimum Gasteiger partial charge on any atom is -0.497 e. The van der Waals surface area contributed by atoms with Gasteiger partial charge in [0.2, 0.25) is 10.0 Å². The van der Waals surface area contributed by atoms with Crippen molar-refractivity contribution in [2.45, 2.75) is 62.7 Å². The third kappa shape index (κ3) is 6.28. The molecule has 0 spiro atoms. The van der Waals surface area contributed by atoms with Crippen molar-refractivity contribution < 1.29 is 27.8 Å². The first-order valence-corrected chi connectivity index (χ1v) is 12.7. The summed E-state index contributed by atoms with van der Waals surface area (Å²) >= 11 is 0. The van der Waals surface area contributed by atoms with E-state index < -0.39 is 33.9 Å². The summed E-state index contributed by atoms with van der Waals surface area (Å²) < 4.78 is 38.6. The minimum atomic E-state index is -3.83. The lowest BCUT2D eigenvalue weighted by Crippen LogP contribution is -2.52. The Kier molecular flexibility index (Phi) is 7.90. The number of aliphatic hydroxyl groups excluding tert-OH is 1. The molecule has 1 aliphatic heterocycles. The van der Waals surface area contributed by atoms with Gasteiger partial charge in [0.15, 0.2) is 0 Å². The van der Waals surface area contributed by atoms with Crippen molar-refractivity contribution in [1.29, 1.82) is 0 Å².